The van der Waals surface area contributed by atoms with Crippen LogP contribution in [0.5, 0.6) is 5.75 Å². The molecule has 2 rings (SSSR count). The normalized spacial score (nSPS) is 12.6. The van der Waals surface area contributed by atoms with Crippen molar-refractivity contribution < 1.29 is 53.4 Å². The number of hydrogen-bond donors (Lipinski definition) is 1. The first-order chi connectivity index (χ1) is 15.0. The maximum absolute atomic E-state index is 14.3. The van der Waals surface area contributed by atoms with E-state index >= 15 is 0 Å². The molecule has 0 saturated carbocycles. The Labute approximate surface area is 181 Å². The number of benzene rings is 2. The first-order valence-corrected chi connectivity index (χ1v) is 8.46. The van der Waals surface area contributed by atoms with Gasteiger partial charge in [0.15, 0.2) is 11.6 Å². The van der Waals surface area contributed by atoms with E-state index in [2.05, 4.69) is 9.91 Å². The highest BCUT2D eigenvalue weighted by atomic mass is 35.5. The Morgan fingerprint density at radius 2 is 1.61 bits per heavy atom. The van der Waals surface area contributed by atoms with Crippen molar-refractivity contribution in [1.82, 2.24) is 0 Å². The molecule has 1 N–H and O–H groups in total. The maximum atomic E-state index is 14.3. The molecule has 1 amide bonds. The van der Waals surface area contributed by atoms with Gasteiger partial charge < -0.3 is 10.1 Å². The first kappa shape index (κ1) is 26.2. The highest BCUT2D eigenvalue weighted by Gasteiger charge is 2.73. The summed E-state index contributed by atoms with van der Waals surface area (Å²) in [6, 6.07) is 1.97. The van der Waals surface area contributed by atoms with Crippen molar-refractivity contribution >= 4 is 28.9 Å². The molecule has 33 heavy (non-hydrogen) atoms. The predicted octanol–water partition coefficient (Wildman–Crippen LogP) is 7.02. The molecule has 0 aliphatic rings. The van der Waals surface area contributed by atoms with Crippen LogP contribution in [0.25, 0.3) is 0 Å². The summed E-state index contributed by atoms with van der Waals surface area (Å²) in [5.74, 6) is -4.63. The van der Waals surface area contributed by atoms with Crippen LogP contribution in [-0.2, 0) is 5.67 Å². The number of alkyl halides is 9. The average molecular weight is 513 g/mol. The summed E-state index contributed by atoms with van der Waals surface area (Å²) >= 11 is 5.55. The molecule has 2 aromatic carbocycles. The van der Waals surface area contributed by atoms with Crippen LogP contribution in [0.2, 0.25) is 5.02 Å². The minimum absolute atomic E-state index is 0.226. The maximum Gasteiger partial charge on any atom is 0.435 e. The molecule has 0 aliphatic carbocycles. The zero-order valence-corrected chi connectivity index (χ0v) is 16.0. The molecule has 180 valence electrons. The first-order valence-electron chi connectivity index (χ1n) is 8.09. The van der Waals surface area contributed by atoms with Gasteiger partial charge in [-0.25, -0.2) is 8.78 Å². The lowest BCUT2D eigenvalue weighted by molar-refractivity contribution is -0.348. The molecule has 0 spiro atoms. The summed E-state index contributed by atoms with van der Waals surface area (Å²) < 4.78 is 136. The number of halogens is 11. The summed E-state index contributed by atoms with van der Waals surface area (Å²) in [5.41, 5.74) is -11.3. The molecule has 0 saturated heterocycles. The van der Waals surface area contributed by atoms with Crippen LogP contribution in [-0.4, -0.2) is 24.9 Å². The smallest absolute Gasteiger partial charge is 0.433 e. The second kappa shape index (κ2) is 9.03. The van der Waals surface area contributed by atoms with Crippen molar-refractivity contribution in [2.45, 2.75) is 24.6 Å². The van der Waals surface area contributed by atoms with Crippen molar-refractivity contribution in [2.75, 3.05) is 5.32 Å². The molecule has 0 fully saturated rings. The molecule has 0 aromatic heterocycles. The molecule has 0 radical (unpaired) electrons. The number of rotatable bonds is 6. The molecular weight excluding hydrogens is 506 g/mol. The van der Waals surface area contributed by atoms with Crippen LogP contribution in [0.1, 0.15) is 15.9 Å². The lowest BCUT2D eigenvalue weighted by Crippen LogP contribution is -2.50. The number of carbonyl (C=O) groups is 1. The second-order valence-electron chi connectivity index (χ2n) is 6.05. The molecule has 16 heteroatoms. The Balaban J connectivity index is 2.66. The third-order valence-electron chi connectivity index (χ3n) is 4.01. The monoisotopic (exact) mass is 512 g/mol. The van der Waals surface area contributed by atoms with E-state index in [4.69, 9.17) is 11.6 Å². The SMILES string of the molecule is O=Nc1cccc(C(=O)Nc2c(Cl)cc(C(F)(C(F)(F)F)C(F)(F)F)cc2OC(F)F)c1F. The molecule has 0 bridgehead atoms. The van der Waals surface area contributed by atoms with Gasteiger partial charge in [0.05, 0.1) is 10.6 Å². The number of amides is 1. The number of carbonyl (C=O) groups excluding carboxylic acids is 1. The Bertz CT molecular complexity index is 1060. The van der Waals surface area contributed by atoms with E-state index in [1.165, 1.54) is 0 Å². The van der Waals surface area contributed by atoms with Crippen molar-refractivity contribution in [1.29, 1.82) is 0 Å². The third kappa shape index (κ3) is 4.96. The zero-order valence-electron chi connectivity index (χ0n) is 15.3. The number of ether oxygens (including phenoxy) is 1. The third-order valence-corrected chi connectivity index (χ3v) is 4.31. The van der Waals surface area contributed by atoms with E-state index in [1.807, 2.05) is 0 Å². The van der Waals surface area contributed by atoms with E-state index in [-0.39, 0.29) is 6.07 Å². The zero-order chi connectivity index (χ0) is 25.4. The quantitative estimate of drug-likeness (QED) is 0.334. The minimum atomic E-state index is -6.60. The Morgan fingerprint density at radius 1 is 1.03 bits per heavy atom. The van der Waals surface area contributed by atoms with E-state index in [0.29, 0.717) is 0 Å². The average Bonchev–Trinajstić information content (AvgIpc) is 2.67. The molecule has 5 nitrogen and oxygen atoms in total. The highest BCUT2D eigenvalue weighted by molar-refractivity contribution is 6.34. The lowest BCUT2D eigenvalue weighted by atomic mass is 9.93. The van der Waals surface area contributed by atoms with Crippen LogP contribution >= 0.6 is 11.6 Å². The van der Waals surface area contributed by atoms with E-state index in [0.717, 1.165) is 18.2 Å². The molecule has 0 aliphatic heterocycles. The van der Waals surface area contributed by atoms with Crippen LogP contribution in [0.4, 0.5) is 55.3 Å². The second-order valence-corrected chi connectivity index (χ2v) is 6.45. The summed E-state index contributed by atoms with van der Waals surface area (Å²) in [7, 11) is 0. The Morgan fingerprint density at radius 3 is 2.09 bits per heavy atom. The van der Waals surface area contributed by atoms with E-state index in [9.17, 15) is 53.6 Å². The van der Waals surface area contributed by atoms with Gasteiger partial charge in [-0.15, -0.1) is 4.91 Å². The summed E-state index contributed by atoms with van der Waals surface area (Å²) in [5, 5.41) is 2.63. The molecule has 2 aromatic rings. The van der Waals surface area contributed by atoms with Crippen molar-refractivity contribution in [3.05, 3.63) is 57.2 Å². The van der Waals surface area contributed by atoms with Crippen LogP contribution in [0.15, 0.2) is 35.5 Å². The topological polar surface area (TPSA) is 67.8 Å². The molecule has 0 unspecified atom stereocenters. The van der Waals surface area contributed by atoms with Gasteiger partial charge in [-0.2, -0.15) is 35.1 Å². The molecule has 0 atom stereocenters. The van der Waals surface area contributed by atoms with Gasteiger partial charge in [0.25, 0.3) is 5.91 Å². The highest BCUT2D eigenvalue weighted by Crippen LogP contribution is 2.55. The van der Waals surface area contributed by atoms with Gasteiger partial charge in [0, 0.05) is 5.56 Å². The molecule has 0 heterocycles. The number of nitrogens with zero attached hydrogens (tertiary/aromatic N) is 1. The standard InChI is InChI=1S/C17H7ClF10N2O3/c18-8-4-6(15(22,16(23,24)25)17(26,27)28)5-10(33-14(20)21)12(8)29-13(31)7-2-1-3-9(30-32)11(7)19/h1-5,14H,(H,29,31). The Kier molecular flexibility index (Phi) is 7.16. The number of anilines is 1. The van der Waals surface area contributed by atoms with Gasteiger partial charge in [0.2, 0.25) is 0 Å². The van der Waals surface area contributed by atoms with Crippen LogP contribution in [0.3, 0.4) is 0 Å². The van der Waals surface area contributed by atoms with Crippen molar-refractivity contribution in [3.8, 4) is 5.75 Å². The largest absolute Gasteiger partial charge is 0.435 e. The van der Waals surface area contributed by atoms with E-state index in [1.54, 1.807) is 5.32 Å². The fourth-order valence-electron chi connectivity index (χ4n) is 2.53. The Hall–Kier alpha value is -3.10. The summed E-state index contributed by atoms with van der Waals surface area (Å²) in [6.45, 7) is -3.88. The van der Waals surface area contributed by atoms with Crippen molar-refractivity contribution in [3.63, 3.8) is 0 Å². The van der Waals surface area contributed by atoms with Crippen LogP contribution < -0.4 is 10.1 Å². The number of nitrogens with one attached hydrogen (secondary N) is 1. The minimum Gasteiger partial charge on any atom is -0.433 e. The van der Waals surface area contributed by atoms with Crippen molar-refractivity contribution in [2.24, 2.45) is 5.18 Å². The van der Waals surface area contributed by atoms with Gasteiger partial charge in [-0.05, 0) is 29.4 Å². The van der Waals surface area contributed by atoms with Gasteiger partial charge in [-0.1, -0.05) is 17.7 Å². The van der Waals surface area contributed by atoms with Gasteiger partial charge in [-0.3, -0.25) is 4.79 Å². The number of nitroso groups, excluding NO2 is 1. The fraction of sp³-hybridized carbons (Fsp3) is 0.235. The summed E-state index contributed by atoms with van der Waals surface area (Å²) in [4.78, 5) is 22.8. The van der Waals surface area contributed by atoms with Gasteiger partial charge in [0.1, 0.15) is 11.4 Å². The van der Waals surface area contributed by atoms with E-state index < -0.39 is 75.7 Å². The summed E-state index contributed by atoms with van der Waals surface area (Å²) in [6.07, 6.45) is -13.2. The lowest BCUT2D eigenvalue weighted by Gasteiger charge is -2.31. The predicted molar refractivity (Wildman–Crippen MR) is 92.8 cm³/mol. The molecular formula is C17H7ClF10N2O3. The van der Waals surface area contributed by atoms with Crippen LogP contribution in [0, 0.1) is 10.7 Å². The fourth-order valence-corrected chi connectivity index (χ4v) is 2.78. The van der Waals surface area contributed by atoms with Gasteiger partial charge >= 0.3 is 24.6 Å². The number of hydrogen-bond acceptors (Lipinski definition) is 4.